The van der Waals surface area contributed by atoms with Gasteiger partial charge in [-0.15, -0.1) is 10.2 Å². The van der Waals surface area contributed by atoms with Gasteiger partial charge in [0, 0.05) is 23.2 Å². The number of pyridine rings is 2. The number of aromatic nitrogens is 8. The van der Waals surface area contributed by atoms with Crippen LogP contribution in [0.25, 0.3) is 21.8 Å². The molecule has 0 fully saturated rings. The van der Waals surface area contributed by atoms with E-state index in [1.807, 2.05) is 70.3 Å². The lowest BCUT2D eigenvalue weighted by atomic mass is 10.1. The van der Waals surface area contributed by atoms with Crippen LogP contribution in [0.4, 0.5) is 0 Å². The number of benzene rings is 2. The molecule has 178 valence electrons. The van der Waals surface area contributed by atoms with Crippen LogP contribution < -0.4 is 0 Å². The second kappa shape index (κ2) is 10.0. The fourth-order valence-corrected chi connectivity index (χ4v) is 4.40. The fourth-order valence-electron chi connectivity index (χ4n) is 4.40. The molecule has 0 saturated heterocycles. The summed E-state index contributed by atoms with van der Waals surface area (Å²) >= 11 is 0. The van der Waals surface area contributed by atoms with Gasteiger partial charge in [-0.3, -0.25) is 9.97 Å². The van der Waals surface area contributed by atoms with E-state index in [0.717, 1.165) is 70.3 Å². The highest BCUT2D eigenvalue weighted by molar-refractivity contribution is 5.79. The predicted molar refractivity (Wildman–Crippen MR) is 138 cm³/mol. The lowest BCUT2D eigenvalue weighted by Gasteiger charge is -2.02. The van der Waals surface area contributed by atoms with E-state index in [9.17, 15) is 0 Å². The van der Waals surface area contributed by atoms with Gasteiger partial charge in [-0.1, -0.05) is 59.0 Å². The van der Waals surface area contributed by atoms with Gasteiger partial charge in [0.25, 0.3) is 0 Å². The van der Waals surface area contributed by atoms with Gasteiger partial charge in [0.05, 0.1) is 46.9 Å². The fraction of sp³-hybridized carbons (Fsp3) is 0.214. The third kappa shape index (κ3) is 5.12. The van der Waals surface area contributed by atoms with E-state index in [0.29, 0.717) is 13.1 Å². The van der Waals surface area contributed by atoms with Crippen LogP contribution in [-0.4, -0.2) is 40.0 Å². The van der Waals surface area contributed by atoms with E-state index in [-0.39, 0.29) is 0 Å². The number of fused-ring (bicyclic) bond motifs is 2. The van der Waals surface area contributed by atoms with Crippen LogP contribution in [0.1, 0.15) is 35.6 Å². The van der Waals surface area contributed by atoms with Crippen molar-refractivity contribution in [1.29, 1.82) is 0 Å². The molecule has 36 heavy (non-hydrogen) atoms. The summed E-state index contributed by atoms with van der Waals surface area (Å²) in [7, 11) is 0. The summed E-state index contributed by atoms with van der Waals surface area (Å²) in [5.41, 5.74) is 5.96. The highest BCUT2D eigenvalue weighted by Gasteiger charge is 2.06. The first kappa shape index (κ1) is 22.0. The van der Waals surface area contributed by atoms with E-state index >= 15 is 0 Å². The van der Waals surface area contributed by atoms with E-state index in [1.54, 1.807) is 0 Å². The minimum atomic E-state index is 0.618. The average molecular weight is 475 g/mol. The molecule has 0 aliphatic rings. The van der Waals surface area contributed by atoms with Gasteiger partial charge < -0.3 is 0 Å². The number of para-hydroxylation sites is 2. The highest BCUT2D eigenvalue weighted by atomic mass is 15.4. The highest BCUT2D eigenvalue weighted by Crippen LogP contribution is 2.14. The summed E-state index contributed by atoms with van der Waals surface area (Å²) in [6.45, 7) is 1.24. The first-order valence-electron chi connectivity index (χ1n) is 12.3. The van der Waals surface area contributed by atoms with Gasteiger partial charge in [0.15, 0.2) is 0 Å². The first-order valence-corrected chi connectivity index (χ1v) is 12.3. The summed E-state index contributed by atoms with van der Waals surface area (Å²) in [5.74, 6) is 0. The predicted octanol–water partition coefficient (Wildman–Crippen LogP) is 4.63. The Labute approximate surface area is 208 Å². The number of hydrogen-bond donors (Lipinski definition) is 0. The third-order valence-corrected chi connectivity index (χ3v) is 6.25. The van der Waals surface area contributed by atoms with Crippen molar-refractivity contribution in [2.75, 3.05) is 0 Å². The van der Waals surface area contributed by atoms with Crippen molar-refractivity contribution in [2.45, 2.75) is 38.8 Å². The third-order valence-electron chi connectivity index (χ3n) is 6.25. The quantitative estimate of drug-likeness (QED) is 0.284. The number of aryl methyl sites for hydroxylation is 2. The van der Waals surface area contributed by atoms with Crippen molar-refractivity contribution in [1.82, 2.24) is 40.0 Å². The molecule has 0 saturated carbocycles. The molecule has 2 aromatic carbocycles. The number of rotatable bonds is 9. The molecule has 4 heterocycles. The van der Waals surface area contributed by atoms with Crippen molar-refractivity contribution in [3.63, 3.8) is 0 Å². The maximum Gasteiger partial charge on any atom is 0.0849 e. The smallest absolute Gasteiger partial charge is 0.0849 e. The van der Waals surface area contributed by atoms with Crippen molar-refractivity contribution in [2.24, 2.45) is 0 Å². The van der Waals surface area contributed by atoms with E-state index in [4.69, 9.17) is 9.97 Å². The zero-order chi connectivity index (χ0) is 24.2. The number of nitrogens with zero attached hydrogens (tertiary/aromatic N) is 8. The number of unbranched alkanes of at least 4 members (excludes halogenated alkanes) is 1. The van der Waals surface area contributed by atoms with Gasteiger partial charge >= 0.3 is 0 Å². The molecular formula is C28H26N8. The minimum absolute atomic E-state index is 0.618. The Hall–Kier alpha value is -4.46. The van der Waals surface area contributed by atoms with Crippen LogP contribution >= 0.6 is 0 Å². The van der Waals surface area contributed by atoms with Crippen molar-refractivity contribution < 1.29 is 0 Å². The van der Waals surface area contributed by atoms with Crippen molar-refractivity contribution in [3.05, 3.63) is 108 Å². The lowest BCUT2D eigenvalue weighted by molar-refractivity contribution is 0.638. The molecule has 8 heteroatoms. The van der Waals surface area contributed by atoms with Crippen LogP contribution in [0, 0.1) is 0 Å². The molecule has 8 nitrogen and oxygen atoms in total. The van der Waals surface area contributed by atoms with Gasteiger partial charge in [0.2, 0.25) is 0 Å². The molecule has 0 spiro atoms. The Morgan fingerprint density at radius 1 is 0.500 bits per heavy atom. The Morgan fingerprint density at radius 3 is 1.47 bits per heavy atom. The normalized spacial score (nSPS) is 11.4. The standard InChI is InChI=1S/C28H26N8/c1-5-11-27-21(7-1)13-15-23(29-27)17-35-19-25(31-33-35)9-3-4-10-26-20-36(34-32-26)18-24-16-14-22-8-2-6-12-28(22)30-24/h1-2,5-8,11-16,19-20H,3-4,9-10,17-18H2. The SMILES string of the molecule is c1ccc2nc(Cn3cc(CCCCc4cn(Cc5ccc6ccccc6n5)nn4)nn3)ccc2c1. The minimum Gasteiger partial charge on any atom is -0.251 e. The molecule has 0 radical (unpaired) electrons. The zero-order valence-corrected chi connectivity index (χ0v) is 19.9. The summed E-state index contributed by atoms with van der Waals surface area (Å²) in [4.78, 5) is 9.45. The second-order valence-electron chi connectivity index (χ2n) is 9.01. The van der Waals surface area contributed by atoms with Crippen LogP contribution in [-0.2, 0) is 25.9 Å². The summed E-state index contributed by atoms with van der Waals surface area (Å²) in [6, 6.07) is 24.6. The average Bonchev–Trinajstić information content (AvgIpc) is 3.55. The summed E-state index contributed by atoms with van der Waals surface area (Å²) in [6.07, 6.45) is 7.85. The first-order chi connectivity index (χ1) is 17.8. The van der Waals surface area contributed by atoms with Gasteiger partial charge in [-0.2, -0.15) is 0 Å². The lowest BCUT2D eigenvalue weighted by Crippen LogP contribution is -2.02. The zero-order valence-electron chi connectivity index (χ0n) is 19.9. The molecule has 0 bridgehead atoms. The monoisotopic (exact) mass is 474 g/mol. The van der Waals surface area contributed by atoms with E-state index < -0.39 is 0 Å². The van der Waals surface area contributed by atoms with Crippen LogP contribution in [0.2, 0.25) is 0 Å². The van der Waals surface area contributed by atoms with Gasteiger partial charge in [0.1, 0.15) is 0 Å². The Kier molecular flexibility index (Phi) is 6.14. The Bertz CT molecular complexity index is 1500. The Balaban J connectivity index is 0.980. The summed E-state index contributed by atoms with van der Waals surface area (Å²) < 4.78 is 3.72. The van der Waals surface area contributed by atoms with Crippen molar-refractivity contribution >= 4 is 21.8 Å². The molecule has 0 unspecified atom stereocenters. The van der Waals surface area contributed by atoms with Crippen LogP contribution in [0.3, 0.4) is 0 Å². The molecule has 6 rings (SSSR count). The van der Waals surface area contributed by atoms with Crippen LogP contribution in [0.5, 0.6) is 0 Å². The second-order valence-corrected chi connectivity index (χ2v) is 9.01. The topological polar surface area (TPSA) is 87.2 Å². The molecular weight excluding hydrogens is 448 g/mol. The largest absolute Gasteiger partial charge is 0.251 e. The molecule has 0 aliphatic heterocycles. The Morgan fingerprint density at radius 2 is 0.972 bits per heavy atom. The molecule has 6 aromatic rings. The van der Waals surface area contributed by atoms with E-state index in [2.05, 4.69) is 44.9 Å². The maximum absolute atomic E-state index is 4.72. The molecule has 0 aliphatic carbocycles. The van der Waals surface area contributed by atoms with E-state index in [1.165, 1.54) is 0 Å². The van der Waals surface area contributed by atoms with Gasteiger partial charge in [-0.05, 0) is 49.9 Å². The van der Waals surface area contributed by atoms with Crippen LogP contribution in [0.15, 0.2) is 85.2 Å². The molecule has 4 aromatic heterocycles. The van der Waals surface area contributed by atoms with Crippen molar-refractivity contribution in [3.8, 4) is 0 Å². The van der Waals surface area contributed by atoms with Gasteiger partial charge in [-0.25, -0.2) is 9.36 Å². The summed E-state index contributed by atoms with van der Waals surface area (Å²) in [5, 5.41) is 19.5. The molecule has 0 atom stereocenters. The molecule has 0 N–H and O–H groups in total. The molecule has 0 amide bonds. The maximum atomic E-state index is 4.72. The number of hydrogen-bond acceptors (Lipinski definition) is 6.